The van der Waals surface area contributed by atoms with Crippen molar-refractivity contribution in [1.82, 2.24) is 25.0 Å². The smallest absolute Gasteiger partial charge is 0.137 e. The quantitative estimate of drug-likeness (QED) is 0.918. The van der Waals surface area contributed by atoms with Crippen molar-refractivity contribution in [3.05, 3.63) is 12.7 Å². The Morgan fingerprint density at radius 1 is 1.25 bits per heavy atom. The molecule has 1 atom stereocenters. The third-order valence-corrected chi connectivity index (χ3v) is 4.67. The normalized spacial score (nSPS) is 23.1. The standard InChI is InChI=1S/C13H23N5.2ClH/c1-12(8-18-11-15-10-16-18)17-7-4-13(9-17)2-5-14-6-3-13;;/h10-12,14H,2-9H2,1H3;2*1H. The summed E-state index contributed by atoms with van der Waals surface area (Å²) in [4.78, 5) is 6.64. The third kappa shape index (κ3) is 3.85. The Bertz CT molecular complexity index is 378. The molecule has 0 radical (unpaired) electrons. The molecule has 2 fully saturated rings. The van der Waals surface area contributed by atoms with Gasteiger partial charge in [-0.15, -0.1) is 24.8 Å². The van der Waals surface area contributed by atoms with Crippen LogP contribution in [0.5, 0.6) is 0 Å². The largest absolute Gasteiger partial charge is 0.317 e. The van der Waals surface area contributed by atoms with Gasteiger partial charge in [0.25, 0.3) is 0 Å². The second kappa shape index (κ2) is 7.59. The number of aromatic nitrogens is 3. The molecule has 20 heavy (non-hydrogen) atoms. The van der Waals surface area contributed by atoms with Gasteiger partial charge in [0.1, 0.15) is 12.7 Å². The lowest BCUT2D eigenvalue weighted by atomic mass is 9.78. The van der Waals surface area contributed by atoms with Gasteiger partial charge in [0.05, 0.1) is 6.54 Å². The van der Waals surface area contributed by atoms with Crippen LogP contribution in [0.2, 0.25) is 0 Å². The number of piperidine rings is 1. The SMILES string of the molecule is CC(Cn1cncn1)N1CCC2(CCNCC2)C1.Cl.Cl. The van der Waals surface area contributed by atoms with Crippen LogP contribution in [0.25, 0.3) is 0 Å². The maximum Gasteiger partial charge on any atom is 0.137 e. The Morgan fingerprint density at radius 3 is 2.65 bits per heavy atom. The van der Waals surface area contributed by atoms with Crippen LogP contribution in [0.4, 0.5) is 0 Å². The molecule has 1 aromatic rings. The lowest BCUT2D eigenvalue weighted by Crippen LogP contribution is -2.41. The minimum atomic E-state index is 0. The molecule has 2 aliphatic rings. The van der Waals surface area contributed by atoms with E-state index >= 15 is 0 Å². The van der Waals surface area contributed by atoms with Crippen LogP contribution in [0.3, 0.4) is 0 Å². The zero-order valence-corrected chi connectivity index (χ0v) is 13.6. The number of rotatable bonds is 3. The van der Waals surface area contributed by atoms with Crippen molar-refractivity contribution in [2.24, 2.45) is 5.41 Å². The van der Waals surface area contributed by atoms with Crippen LogP contribution in [-0.4, -0.2) is 51.9 Å². The highest BCUT2D eigenvalue weighted by Crippen LogP contribution is 2.39. The molecule has 116 valence electrons. The first-order valence-electron chi connectivity index (χ1n) is 7.05. The van der Waals surface area contributed by atoms with Gasteiger partial charge < -0.3 is 5.32 Å². The molecule has 3 rings (SSSR count). The Morgan fingerprint density at radius 2 is 2.00 bits per heavy atom. The van der Waals surface area contributed by atoms with E-state index in [1.165, 1.54) is 45.4 Å². The van der Waals surface area contributed by atoms with E-state index < -0.39 is 0 Å². The van der Waals surface area contributed by atoms with Gasteiger partial charge in [-0.3, -0.25) is 9.58 Å². The molecule has 0 aromatic carbocycles. The van der Waals surface area contributed by atoms with Gasteiger partial charge in [0.2, 0.25) is 0 Å². The van der Waals surface area contributed by atoms with Crippen LogP contribution in [0.1, 0.15) is 26.2 Å². The lowest BCUT2D eigenvalue weighted by Gasteiger charge is -2.35. The topological polar surface area (TPSA) is 46.0 Å². The van der Waals surface area contributed by atoms with Crippen molar-refractivity contribution in [3.63, 3.8) is 0 Å². The molecule has 1 unspecified atom stereocenters. The van der Waals surface area contributed by atoms with E-state index in [-0.39, 0.29) is 24.8 Å². The van der Waals surface area contributed by atoms with Gasteiger partial charge in [-0.2, -0.15) is 5.10 Å². The van der Waals surface area contributed by atoms with E-state index in [2.05, 4.69) is 27.2 Å². The number of hydrogen-bond acceptors (Lipinski definition) is 4. The van der Waals surface area contributed by atoms with Crippen molar-refractivity contribution in [2.45, 2.75) is 38.8 Å². The molecular weight excluding hydrogens is 297 g/mol. The minimum Gasteiger partial charge on any atom is -0.317 e. The first-order chi connectivity index (χ1) is 8.77. The maximum absolute atomic E-state index is 4.20. The first kappa shape index (κ1) is 17.7. The van der Waals surface area contributed by atoms with Crippen LogP contribution >= 0.6 is 24.8 Å². The average Bonchev–Trinajstić information content (AvgIpc) is 3.01. The number of hydrogen-bond donors (Lipinski definition) is 1. The van der Waals surface area contributed by atoms with Gasteiger partial charge in [0, 0.05) is 12.6 Å². The summed E-state index contributed by atoms with van der Waals surface area (Å²) in [5, 5.41) is 7.68. The van der Waals surface area contributed by atoms with Crippen molar-refractivity contribution in [1.29, 1.82) is 0 Å². The van der Waals surface area contributed by atoms with Crippen molar-refractivity contribution < 1.29 is 0 Å². The molecule has 1 N–H and O–H groups in total. The average molecular weight is 322 g/mol. The summed E-state index contributed by atoms with van der Waals surface area (Å²) in [5.74, 6) is 0. The van der Waals surface area contributed by atoms with Crippen LogP contribution in [0.15, 0.2) is 12.7 Å². The van der Waals surface area contributed by atoms with Gasteiger partial charge >= 0.3 is 0 Å². The Balaban J connectivity index is 0.000001000. The molecule has 1 spiro atoms. The predicted octanol–water partition coefficient (Wildman–Crippen LogP) is 1.59. The van der Waals surface area contributed by atoms with Crippen molar-refractivity contribution in [2.75, 3.05) is 26.2 Å². The molecule has 0 aliphatic carbocycles. The fourth-order valence-electron chi connectivity index (χ4n) is 3.42. The van der Waals surface area contributed by atoms with Gasteiger partial charge in [0.15, 0.2) is 0 Å². The van der Waals surface area contributed by atoms with E-state index in [1.807, 2.05) is 11.0 Å². The monoisotopic (exact) mass is 321 g/mol. The molecular formula is C13H25Cl2N5. The summed E-state index contributed by atoms with van der Waals surface area (Å²) < 4.78 is 1.94. The molecule has 7 heteroatoms. The predicted molar refractivity (Wildman–Crippen MR) is 84.7 cm³/mol. The molecule has 0 saturated carbocycles. The van der Waals surface area contributed by atoms with Gasteiger partial charge in [-0.05, 0) is 51.2 Å². The zero-order valence-electron chi connectivity index (χ0n) is 12.0. The fraction of sp³-hybridized carbons (Fsp3) is 0.846. The Labute approximate surface area is 133 Å². The van der Waals surface area contributed by atoms with Gasteiger partial charge in [-0.25, -0.2) is 4.98 Å². The van der Waals surface area contributed by atoms with Crippen molar-refractivity contribution >= 4 is 24.8 Å². The number of nitrogens with one attached hydrogen (secondary N) is 1. The highest BCUT2D eigenvalue weighted by atomic mass is 35.5. The minimum absolute atomic E-state index is 0. The van der Waals surface area contributed by atoms with Crippen LogP contribution in [-0.2, 0) is 6.54 Å². The summed E-state index contributed by atoms with van der Waals surface area (Å²) in [7, 11) is 0. The van der Waals surface area contributed by atoms with E-state index in [1.54, 1.807) is 6.33 Å². The van der Waals surface area contributed by atoms with E-state index in [0.29, 0.717) is 11.5 Å². The molecule has 2 saturated heterocycles. The third-order valence-electron chi connectivity index (χ3n) is 4.67. The summed E-state index contributed by atoms with van der Waals surface area (Å²) in [6, 6.07) is 0.556. The summed E-state index contributed by atoms with van der Waals surface area (Å²) in [6.07, 6.45) is 7.49. The highest BCUT2D eigenvalue weighted by Gasteiger charge is 2.40. The van der Waals surface area contributed by atoms with Gasteiger partial charge in [-0.1, -0.05) is 0 Å². The highest BCUT2D eigenvalue weighted by molar-refractivity contribution is 5.85. The molecule has 0 amide bonds. The second-order valence-corrected chi connectivity index (χ2v) is 5.94. The molecule has 1 aromatic heterocycles. The number of nitrogens with zero attached hydrogens (tertiary/aromatic N) is 4. The fourth-order valence-corrected chi connectivity index (χ4v) is 3.42. The van der Waals surface area contributed by atoms with Crippen LogP contribution in [0, 0.1) is 5.41 Å². The van der Waals surface area contributed by atoms with Crippen LogP contribution < -0.4 is 5.32 Å². The van der Waals surface area contributed by atoms with E-state index in [9.17, 15) is 0 Å². The first-order valence-corrected chi connectivity index (χ1v) is 7.05. The van der Waals surface area contributed by atoms with E-state index in [4.69, 9.17) is 0 Å². The Hall–Kier alpha value is -0.360. The molecule has 5 nitrogen and oxygen atoms in total. The molecule has 3 heterocycles. The second-order valence-electron chi connectivity index (χ2n) is 5.94. The summed E-state index contributed by atoms with van der Waals surface area (Å²) in [5.41, 5.74) is 0.599. The lowest BCUT2D eigenvalue weighted by molar-refractivity contribution is 0.164. The van der Waals surface area contributed by atoms with Crippen molar-refractivity contribution in [3.8, 4) is 0 Å². The van der Waals surface area contributed by atoms with E-state index in [0.717, 1.165) is 6.54 Å². The summed E-state index contributed by atoms with van der Waals surface area (Å²) in [6.45, 7) is 8.17. The molecule has 2 aliphatic heterocycles. The number of likely N-dealkylation sites (tertiary alicyclic amines) is 1. The molecule has 0 bridgehead atoms. The Kier molecular flexibility index (Phi) is 6.72. The summed E-state index contributed by atoms with van der Waals surface area (Å²) >= 11 is 0. The maximum atomic E-state index is 4.20. The number of halogens is 2. The zero-order chi connectivity index (χ0) is 12.4.